The number of halogens is 1. The molecule has 0 aliphatic heterocycles. The monoisotopic (exact) mass is 419 g/mol. The van der Waals surface area contributed by atoms with Crippen molar-refractivity contribution < 1.29 is 9.18 Å². The van der Waals surface area contributed by atoms with E-state index in [4.69, 9.17) is 0 Å². The van der Waals surface area contributed by atoms with E-state index in [0.717, 1.165) is 29.7 Å². The Bertz CT molecular complexity index is 962. The van der Waals surface area contributed by atoms with Gasteiger partial charge in [0, 0.05) is 31.0 Å². The number of nitrogens with zero attached hydrogens (tertiary/aromatic N) is 2. The molecule has 2 amide bonds. The highest BCUT2D eigenvalue weighted by Crippen LogP contribution is 2.25. The number of hydrogen-bond donors (Lipinski definition) is 1. The van der Waals surface area contributed by atoms with Gasteiger partial charge >= 0.3 is 6.03 Å². The second-order valence-electron chi connectivity index (χ2n) is 8.32. The third-order valence-corrected chi connectivity index (χ3v) is 6.08. The van der Waals surface area contributed by atoms with Crippen molar-refractivity contribution in [3.8, 4) is 0 Å². The number of amides is 2. The summed E-state index contributed by atoms with van der Waals surface area (Å²) in [4.78, 5) is 15.2. The molecule has 1 fully saturated rings. The number of aromatic nitrogens is 1. The number of urea groups is 1. The predicted molar refractivity (Wildman–Crippen MR) is 121 cm³/mol. The van der Waals surface area contributed by atoms with E-state index < -0.39 is 0 Å². The van der Waals surface area contributed by atoms with Crippen molar-refractivity contribution in [3.05, 3.63) is 95.6 Å². The topological polar surface area (TPSA) is 37.3 Å². The van der Waals surface area contributed by atoms with Crippen LogP contribution >= 0.6 is 0 Å². The molecule has 0 radical (unpaired) electrons. The molecule has 5 heteroatoms. The van der Waals surface area contributed by atoms with Crippen LogP contribution < -0.4 is 5.32 Å². The van der Waals surface area contributed by atoms with Gasteiger partial charge in [0.05, 0.1) is 6.54 Å². The lowest BCUT2D eigenvalue weighted by atomic mass is 9.94. The quantitative estimate of drug-likeness (QED) is 0.522. The molecule has 3 aromatic rings. The van der Waals surface area contributed by atoms with Gasteiger partial charge in [-0.1, -0.05) is 61.7 Å². The van der Waals surface area contributed by atoms with E-state index in [0.29, 0.717) is 19.6 Å². The summed E-state index contributed by atoms with van der Waals surface area (Å²) in [5.41, 5.74) is 3.22. The Morgan fingerprint density at radius 1 is 0.935 bits per heavy atom. The highest BCUT2D eigenvalue weighted by Gasteiger charge is 2.26. The number of hydrogen-bond acceptors (Lipinski definition) is 1. The van der Waals surface area contributed by atoms with Crippen LogP contribution in [0, 0.1) is 5.82 Å². The van der Waals surface area contributed by atoms with E-state index in [1.165, 1.54) is 31.4 Å². The van der Waals surface area contributed by atoms with Crippen molar-refractivity contribution in [3.63, 3.8) is 0 Å². The van der Waals surface area contributed by atoms with Crippen molar-refractivity contribution >= 4 is 6.03 Å². The summed E-state index contributed by atoms with van der Waals surface area (Å²) < 4.78 is 15.4. The van der Waals surface area contributed by atoms with E-state index in [9.17, 15) is 9.18 Å². The van der Waals surface area contributed by atoms with Crippen LogP contribution in [0.5, 0.6) is 0 Å². The molecule has 1 heterocycles. The highest BCUT2D eigenvalue weighted by molar-refractivity contribution is 5.74. The Morgan fingerprint density at radius 2 is 1.68 bits per heavy atom. The van der Waals surface area contributed by atoms with E-state index in [-0.39, 0.29) is 17.9 Å². The molecule has 0 spiro atoms. The largest absolute Gasteiger partial charge is 0.345 e. The van der Waals surface area contributed by atoms with Crippen LogP contribution in [0.3, 0.4) is 0 Å². The lowest BCUT2D eigenvalue weighted by Gasteiger charge is -2.34. The maximum Gasteiger partial charge on any atom is 0.318 e. The van der Waals surface area contributed by atoms with E-state index >= 15 is 0 Å². The Morgan fingerprint density at radius 3 is 2.42 bits per heavy atom. The van der Waals surface area contributed by atoms with Gasteiger partial charge in [-0.3, -0.25) is 0 Å². The van der Waals surface area contributed by atoms with Crippen LogP contribution in [-0.4, -0.2) is 21.5 Å². The minimum atomic E-state index is -0.227. The Labute approximate surface area is 183 Å². The molecule has 1 saturated carbocycles. The van der Waals surface area contributed by atoms with Gasteiger partial charge in [0.2, 0.25) is 0 Å². The second-order valence-corrected chi connectivity index (χ2v) is 8.32. The Kier molecular flexibility index (Phi) is 7.03. The Balaban J connectivity index is 1.47. The molecule has 2 aromatic carbocycles. The van der Waals surface area contributed by atoms with Gasteiger partial charge in [-0.25, -0.2) is 9.18 Å². The third kappa shape index (κ3) is 5.75. The standard InChI is InChI=1S/C26H30FN3O/c27-23-15-13-22(14-16-23)19-29-17-7-12-25(29)20-30(24-10-5-2-6-11-24)26(31)28-18-21-8-3-1-4-9-21/h1,3-4,7-9,12-17,24H,2,5-6,10-11,18-20H2,(H,28,31). The van der Waals surface area contributed by atoms with Crippen LogP contribution in [0.2, 0.25) is 0 Å². The van der Waals surface area contributed by atoms with Crippen LogP contribution in [0.1, 0.15) is 48.9 Å². The second kappa shape index (κ2) is 10.3. The molecule has 0 atom stereocenters. The molecule has 0 unspecified atom stereocenters. The minimum Gasteiger partial charge on any atom is -0.345 e. The zero-order valence-corrected chi connectivity index (χ0v) is 17.8. The lowest BCUT2D eigenvalue weighted by molar-refractivity contribution is 0.149. The molecule has 0 saturated heterocycles. The molecule has 1 aliphatic rings. The summed E-state index contributed by atoms with van der Waals surface area (Å²) in [5.74, 6) is -0.227. The fourth-order valence-corrected chi connectivity index (χ4v) is 4.34. The number of benzene rings is 2. The summed E-state index contributed by atoms with van der Waals surface area (Å²) >= 11 is 0. The van der Waals surface area contributed by atoms with Gasteiger partial charge in [-0.2, -0.15) is 0 Å². The van der Waals surface area contributed by atoms with Crippen LogP contribution in [-0.2, 0) is 19.6 Å². The van der Waals surface area contributed by atoms with Crippen LogP contribution in [0.4, 0.5) is 9.18 Å². The average Bonchev–Trinajstić information content (AvgIpc) is 3.25. The third-order valence-electron chi connectivity index (χ3n) is 6.08. The smallest absolute Gasteiger partial charge is 0.318 e. The first-order valence-corrected chi connectivity index (χ1v) is 11.2. The SMILES string of the molecule is O=C(NCc1ccccc1)N(Cc1cccn1Cc1ccc(F)cc1)C1CCCCC1. The first-order chi connectivity index (χ1) is 15.2. The fraction of sp³-hybridized carbons (Fsp3) is 0.346. The number of carbonyl (C=O) groups is 1. The lowest BCUT2D eigenvalue weighted by Crippen LogP contribution is -2.46. The zero-order valence-electron chi connectivity index (χ0n) is 17.8. The molecule has 1 aromatic heterocycles. The van der Waals surface area contributed by atoms with E-state index in [1.54, 1.807) is 0 Å². The molecule has 1 aliphatic carbocycles. The Hall–Kier alpha value is -3.08. The molecule has 4 nitrogen and oxygen atoms in total. The highest BCUT2D eigenvalue weighted by atomic mass is 19.1. The van der Waals surface area contributed by atoms with Crippen molar-refractivity contribution in [2.75, 3.05) is 0 Å². The summed E-state index contributed by atoms with van der Waals surface area (Å²) in [6.07, 6.45) is 7.72. The van der Waals surface area contributed by atoms with E-state index in [1.807, 2.05) is 59.6 Å². The number of rotatable bonds is 7. The zero-order chi connectivity index (χ0) is 21.5. The van der Waals surface area contributed by atoms with Crippen molar-refractivity contribution in [2.24, 2.45) is 0 Å². The van der Waals surface area contributed by atoms with Gasteiger partial charge in [0.25, 0.3) is 0 Å². The van der Waals surface area contributed by atoms with Crippen LogP contribution in [0.25, 0.3) is 0 Å². The first-order valence-electron chi connectivity index (χ1n) is 11.2. The predicted octanol–water partition coefficient (Wildman–Crippen LogP) is 5.72. The molecule has 31 heavy (non-hydrogen) atoms. The maximum absolute atomic E-state index is 13.2. The maximum atomic E-state index is 13.2. The summed E-state index contributed by atoms with van der Waals surface area (Å²) in [6.45, 7) is 1.76. The van der Waals surface area contributed by atoms with Gasteiger partial charge < -0.3 is 14.8 Å². The average molecular weight is 420 g/mol. The number of carbonyl (C=O) groups excluding carboxylic acids is 1. The molecule has 4 rings (SSSR count). The van der Waals surface area contributed by atoms with Gasteiger partial charge in [-0.05, 0) is 48.2 Å². The van der Waals surface area contributed by atoms with Gasteiger partial charge in [0.15, 0.2) is 0 Å². The van der Waals surface area contributed by atoms with Gasteiger partial charge in [0.1, 0.15) is 5.82 Å². The molecular weight excluding hydrogens is 389 g/mol. The van der Waals surface area contributed by atoms with Crippen molar-refractivity contribution in [2.45, 2.75) is 57.8 Å². The van der Waals surface area contributed by atoms with Crippen molar-refractivity contribution in [1.82, 2.24) is 14.8 Å². The van der Waals surface area contributed by atoms with E-state index in [2.05, 4.69) is 16.0 Å². The summed E-state index contributed by atoms with van der Waals surface area (Å²) in [7, 11) is 0. The first kappa shape index (κ1) is 21.2. The minimum absolute atomic E-state index is 0.00900. The fourth-order valence-electron chi connectivity index (χ4n) is 4.34. The van der Waals surface area contributed by atoms with Crippen molar-refractivity contribution in [1.29, 1.82) is 0 Å². The molecule has 162 valence electrons. The normalized spacial score (nSPS) is 14.4. The molecular formula is C26H30FN3O. The number of nitrogens with one attached hydrogen (secondary N) is 1. The molecule has 0 bridgehead atoms. The summed E-state index contributed by atoms with van der Waals surface area (Å²) in [6, 6.07) is 21.0. The van der Waals surface area contributed by atoms with Crippen LogP contribution in [0.15, 0.2) is 72.9 Å². The molecule has 1 N–H and O–H groups in total. The van der Waals surface area contributed by atoms with Gasteiger partial charge in [-0.15, -0.1) is 0 Å². The summed E-state index contributed by atoms with van der Waals surface area (Å²) in [5, 5.41) is 3.12.